The minimum Gasteiger partial charge on any atom is -0.480 e. The van der Waals surface area contributed by atoms with Crippen LogP contribution in [0.5, 0.6) is 0 Å². The molecule has 0 radical (unpaired) electrons. The van der Waals surface area contributed by atoms with Crippen molar-refractivity contribution in [3.05, 3.63) is 17.8 Å². The Morgan fingerprint density at radius 1 is 1.56 bits per heavy atom. The van der Waals surface area contributed by atoms with Crippen LogP contribution < -0.4 is 0 Å². The number of thioether (sulfide) groups is 1. The molecular weight excluding hydrogens is 231 g/mol. The summed E-state index contributed by atoms with van der Waals surface area (Å²) in [5.74, 6) is -1.46. The lowest BCUT2D eigenvalue weighted by molar-refractivity contribution is -0.136. The van der Waals surface area contributed by atoms with Gasteiger partial charge >= 0.3 is 5.97 Å². The second-order valence-corrected chi connectivity index (χ2v) is 4.34. The molecule has 1 atom stereocenters. The first kappa shape index (κ1) is 12.9. The number of carbonyl (C=O) groups is 1. The summed E-state index contributed by atoms with van der Waals surface area (Å²) in [6.45, 7) is 3.53. The number of aliphatic carboxylic acids is 1. The van der Waals surface area contributed by atoms with Gasteiger partial charge in [0.2, 0.25) is 0 Å². The quantitative estimate of drug-likeness (QED) is 0.635. The maximum Gasteiger partial charge on any atom is 0.317 e. The van der Waals surface area contributed by atoms with Crippen LogP contribution in [0.25, 0.3) is 0 Å². The lowest BCUT2D eigenvalue weighted by Crippen LogP contribution is -2.15. The monoisotopic (exact) mass is 244 g/mol. The van der Waals surface area contributed by atoms with Gasteiger partial charge in [-0.15, -0.1) is 0 Å². The summed E-state index contributed by atoms with van der Waals surface area (Å²) in [5, 5.41) is 8.31. The normalized spacial score (nSPS) is 12.4. The third kappa shape index (κ3) is 2.91. The van der Waals surface area contributed by atoms with Gasteiger partial charge in [-0.25, -0.2) is 14.4 Å². The molecule has 16 heavy (non-hydrogen) atoms. The van der Waals surface area contributed by atoms with Crippen LogP contribution in [0.2, 0.25) is 0 Å². The molecule has 0 aromatic carbocycles. The molecule has 0 bridgehead atoms. The standard InChI is InChI=1S/C10H13FN2O2S/c1-3-6-8(11)9(13-5-12-6)16-7(4-2)10(14)15/h5,7H,3-4H2,1-2H3,(H,14,15). The van der Waals surface area contributed by atoms with Crippen LogP contribution in [-0.2, 0) is 11.2 Å². The molecule has 1 heterocycles. The molecule has 6 heteroatoms. The third-order valence-electron chi connectivity index (χ3n) is 2.06. The number of aromatic nitrogens is 2. The Hall–Kier alpha value is -1.17. The van der Waals surface area contributed by atoms with Gasteiger partial charge in [-0.3, -0.25) is 4.79 Å². The van der Waals surface area contributed by atoms with Gasteiger partial charge in [-0.1, -0.05) is 25.6 Å². The van der Waals surface area contributed by atoms with E-state index in [0.717, 1.165) is 11.8 Å². The van der Waals surface area contributed by atoms with E-state index in [9.17, 15) is 9.18 Å². The molecule has 1 unspecified atom stereocenters. The number of carboxylic acids is 1. The highest BCUT2D eigenvalue weighted by Gasteiger charge is 2.20. The largest absolute Gasteiger partial charge is 0.480 e. The zero-order valence-corrected chi connectivity index (χ0v) is 9.92. The van der Waals surface area contributed by atoms with Gasteiger partial charge in [0.1, 0.15) is 16.6 Å². The van der Waals surface area contributed by atoms with Crippen LogP contribution in [0.3, 0.4) is 0 Å². The van der Waals surface area contributed by atoms with Gasteiger partial charge in [-0.05, 0) is 12.8 Å². The molecule has 0 fully saturated rings. The minimum absolute atomic E-state index is 0.112. The first-order chi connectivity index (χ1) is 7.60. The Bertz CT molecular complexity index is 387. The zero-order chi connectivity index (χ0) is 12.1. The maximum atomic E-state index is 13.7. The van der Waals surface area contributed by atoms with Crippen molar-refractivity contribution >= 4 is 17.7 Å². The predicted molar refractivity (Wildman–Crippen MR) is 58.9 cm³/mol. The Morgan fingerprint density at radius 3 is 2.75 bits per heavy atom. The smallest absolute Gasteiger partial charge is 0.317 e. The fourth-order valence-corrected chi connectivity index (χ4v) is 2.03. The third-order valence-corrected chi connectivity index (χ3v) is 3.39. The van der Waals surface area contributed by atoms with Crippen molar-refractivity contribution in [3.63, 3.8) is 0 Å². The molecule has 1 aromatic rings. The molecule has 1 N–H and O–H groups in total. The fraction of sp³-hybridized carbons (Fsp3) is 0.500. The van der Waals surface area contributed by atoms with E-state index in [2.05, 4.69) is 9.97 Å². The van der Waals surface area contributed by atoms with Crippen molar-refractivity contribution in [2.45, 2.75) is 37.0 Å². The topological polar surface area (TPSA) is 63.1 Å². The van der Waals surface area contributed by atoms with E-state index in [1.165, 1.54) is 6.33 Å². The van der Waals surface area contributed by atoms with Crippen LogP contribution >= 0.6 is 11.8 Å². The van der Waals surface area contributed by atoms with Crippen LogP contribution in [0.15, 0.2) is 11.4 Å². The second-order valence-electron chi connectivity index (χ2n) is 3.15. The zero-order valence-electron chi connectivity index (χ0n) is 9.11. The molecule has 0 aliphatic rings. The number of hydrogen-bond donors (Lipinski definition) is 1. The average Bonchev–Trinajstić information content (AvgIpc) is 2.27. The highest BCUT2D eigenvalue weighted by molar-refractivity contribution is 8.00. The number of rotatable bonds is 5. The Kier molecular flexibility index (Phi) is 4.67. The molecule has 0 saturated carbocycles. The summed E-state index contributed by atoms with van der Waals surface area (Å²) in [6.07, 6.45) is 2.15. The lowest BCUT2D eigenvalue weighted by Gasteiger charge is -2.09. The van der Waals surface area contributed by atoms with E-state index in [0.29, 0.717) is 18.5 Å². The van der Waals surface area contributed by atoms with Crippen LogP contribution in [0.1, 0.15) is 26.0 Å². The summed E-state index contributed by atoms with van der Waals surface area (Å²) in [4.78, 5) is 18.4. The average molecular weight is 244 g/mol. The Morgan fingerprint density at radius 2 is 2.25 bits per heavy atom. The van der Waals surface area contributed by atoms with E-state index >= 15 is 0 Å². The number of nitrogens with zero attached hydrogens (tertiary/aromatic N) is 2. The first-order valence-corrected chi connectivity index (χ1v) is 5.86. The molecule has 0 aliphatic heterocycles. The van der Waals surface area contributed by atoms with Gasteiger partial charge in [0.25, 0.3) is 0 Å². The number of hydrogen-bond acceptors (Lipinski definition) is 4. The van der Waals surface area contributed by atoms with Crippen molar-refractivity contribution in [2.75, 3.05) is 0 Å². The predicted octanol–water partition coefficient (Wildman–Crippen LogP) is 2.13. The highest BCUT2D eigenvalue weighted by atomic mass is 32.2. The van der Waals surface area contributed by atoms with Gasteiger partial charge in [-0.2, -0.15) is 0 Å². The first-order valence-electron chi connectivity index (χ1n) is 4.98. The van der Waals surface area contributed by atoms with E-state index in [1.807, 2.05) is 0 Å². The molecule has 0 amide bonds. The molecule has 0 saturated heterocycles. The molecule has 4 nitrogen and oxygen atoms in total. The van der Waals surface area contributed by atoms with E-state index < -0.39 is 17.0 Å². The van der Waals surface area contributed by atoms with Crippen molar-refractivity contribution in [1.29, 1.82) is 0 Å². The van der Waals surface area contributed by atoms with Crippen molar-refractivity contribution in [2.24, 2.45) is 0 Å². The Labute approximate surface area is 97.3 Å². The molecule has 1 aromatic heterocycles. The summed E-state index contributed by atoms with van der Waals surface area (Å²) < 4.78 is 13.7. The molecular formula is C10H13FN2O2S. The second kappa shape index (κ2) is 5.79. The highest BCUT2D eigenvalue weighted by Crippen LogP contribution is 2.26. The Balaban J connectivity index is 2.92. The fourth-order valence-electron chi connectivity index (χ4n) is 1.16. The summed E-state index contributed by atoms with van der Waals surface area (Å²) >= 11 is 0.927. The molecule has 1 rings (SSSR count). The van der Waals surface area contributed by atoms with Gasteiger partial charge < -0.3 is 5.11 Å². The van der Waals surface area contributed by atoms with E-state index in [4.69, 9.17) is 5.11 Å². The van der Waals surface area contributed by atoms with Crippen LogP contribution in [-0.4, -0.2) is 26.3 Å². The van der Waals surface area contributed by atoms with Gasteiger partial charge in [0, 0.05) is 0 Å². The summed E-state index contributed by atoms with van der Waals surface area (Å²) in [6, 6.07) is 0. The van der Waals surface area contributed by atoms with Crippen molar-refractivity contribution < 1.29 is 14.3 Å². The number of aryl methyl sites for hydroxylation is 1. The van der Waals surface area contributed by atoms with Gasteiger partial charge in [0.15, 0.2) is 5.82 Å². The minimum atomic E-state index is -0.955. The summed E-state index contributed by atoms with van der Waals surface area (Å²) in [7, 11) is 0. The maximum absolute atomic E-state index is 13.7. The summed E-state index contributed by atoms with van der Waals surface area (Å²) in [5.41, 5.74) is 0.317. The molecule has 0 aliphatic carbocycles. The lowest BCUT2D eigenvalue weighted by atomic mass is 10.3. The van der Waals surface area contributed by atoms with Gasteiger partial charge in [0.05, 0.1) is 5.69 Å². The molecule has 0 spiro atoms. The van der Waals surface area contributed by atoms with E-state index in [-0.39, 0.29) is 5.03 Å². The van der Waals surface area contributed by atoms with Crippen LogP contribution in [0.4, 0.5) is 4.39 Å². The van der Waals surface area contributed by atoms with Crippen LogP contribution in [0, 0.1) is 5.82 Å². The number of halogens is 1. The SMILES string of the molecule is CCc1ncnc(SC(CC)C(=O)O)c1F. The van der Waals surface area contributed by atoms with E-state index in [1.54, 1.807) is 13.8 Å². The van der Waals surface area contributed by atoms with Crippen molar-refractivity contribution in [1.82, 2.24) is 9.97 Å². The van der Waals surface area contributed by atoms with Crippen molar-refractivity contribution in [3.8, 4) is 0 Å². The molecule has 88 valence electrons. The number of carboxylic acid groups (broad SMARTS) is 1.